The molecule has 1 aliphatic heterocycles. The third-order valence-corrected chi connectivity index (χ3v) is 4.06. The van der Waals surface area contributed by atoms with Crippen molar-refractivity contribution in [3.8, 4) is 5.75 Å². The monoisotopic (exact) mass is 292 g/mol. The second kappa shape index (κ2) is 6.02. The third kappa shape index (κ3) is 3.94. The van der Waals surface area contributed by atoms with Crippen LogP contribution in [-0.2, 0) is 0 Å². The maximum absolute atomic E-state index is 10.8. The Morgan fingerprint density at radius 3 is 2.38 bits per heavy atom. The van der Waals surface area contributed by atoms with Crippen LogP contribution in [0.3, 0.4) is 0 Å². The lowest BCUT2D eigenvalue weighted by atomic mass is 9.99. The molecule has 0 aliphatic carbocycles. The van der Waals surface area contributed by atoms with Gasteiger partial charge in [-0.15, -0.1) is 0 Å². The van der Waals surface area contributed by atoms with Crippen LogP contribution in [0.1, 0.15) is 39.2 Å². The molecule has 0 saturated carbocycles. The molecule has 5 heteroatoms. The number of benzene rings is 1. The zero-order valence-electron chi connectivity index (χ0n) is 13.3. The van der Waals surface area contributed by atoms with Crippen LogP contribution in [0.15, 0.2) is 18.2 Å². The summed E-state index contributed by atoms with van der Waals surface area (Å²) in [6.07, 6.45) is 2.19. The van der Waals surface area contributed by atoms with Gasteiger partial charge in [0.25, 0.3) is 5.69 Å². The molecule has 0 unspecified atom stereocenters. The van der Waals surface area contributed by atoms with E-state index in [0.29, 0.717) is 5.56 Å². The number of ether oxygens (including phenoxy) is 1. The average Bonchev–Trinajstić information content (AvgIpc) is 2.38. The fourth-order valence-electron chi connectivity index (χ4n) is 2.74. The molecule has 1 saturated heterocycles. The Morgan fingerprint density at radius 1 is 1.29 bits per heavy atom. The zero-order chi connectivity index (χ0) is 15.6. The first-order valence-corrected chi connectivity index (χ1v) is 7.44. The minimum Gasteiger partial charge on any atom is -0.490 e. The molecule has 2 rings (SSSR count). The van der Waals surface area contributed by atoms with Gasteiger partial charge in [-0.1, -0.05) is 0 Å². The summed E-state index contributed by atoms with van der Waals surface area (Å²) in [7, 11) is 0. The predicted molar refractivity (Wildman–Crippen MR) is 82.8 cm³/mol. The predicted octanol–water partition coefficient (Wildman–Crippen LogP) is 3.54. The van der Waals surface area contributed by atoms with E-state index < -0.39 is 0 Å². The Labute approximate surface area is 126 Å². The van der Waals surface area contributed by atoms with E-state index in [1.807, 2.05) is 0 Å². The summed E-state index contributed by atoms with van der Waals surface area (Å²) in [5.74, 6) is 0.729. The van der Waals surface area contributed by atoms with Crippen LogP contribution in [0.2, 0.25) is 0 Å². The van der Waals surface area contributed by atoms with Crippen LogP contribution in [0.4, 0.5) is 5.69 Å². The standard InChI is InChI=1S/C16H24N2O3/c1-12-11-14(5-6-15(12)18(19)20)21-13-7-9-17(10-8-13)16(2,3)4/h5-6,11,13H,7-10H2,1-4H3. The van der Waals surface area contributed by atoms with Gasteiger partial charge in [-0.25, -0.2) is 0 Å². The second-order valence-corrected chi connectivity index (χ2v) is 6.68. The Morgan fingerprint density at radius 2 is 1.90 bits per heavy atom. The van der Waals surface area contributed by atoms with Gasteiger partial charge in [-0.3, -0.25) is 15.0 Å². The van der Waals surface area contributed by atoms with Gasteiger partial charge < -0.3 is 4.74 Å². The van der Waals surface area contributed by atoms with Crippen LogP contribution >= 0.6 is 0 Å². The molecule has 1 aromatic rings. The SMILES string of the molecule is Cc1cc(OC2CCN(C(C)(C)C)CC2)ccc1[N+](=O)[O-]. The molecule has 0 spiro atoms. The molecule has 116 valence electrons. The quantitative estimate of drug-likeness (QED) is 0.631. The van der Waals surface area contributed by atoms with Crippen LogP contribution < -0.4 is 4.74 Å². The Hall–Kier alpha value is -1.62. The average molecular weight is 292 g/mol. The molecule has 21 heavy (non-hydrogen) atoms. The van der Waals surface area contributed by atoms with E-state index in [-0.39, 0.29) is 22.3 Å². The summed E-state index contributed by atoms with van der Waals surface area (Å²) in [6, 6.07) is 4.98. The summed E-state index contributed by atoms with van der Waals surface area (Å²) >= 11 is 0. The van der Waals surface area contributed by atoms with Gasteiger partial charge in [-0.05, 0) is 52.7 Å². The van der Waals surface area contributed by atoms with Crippen molar-refractivity contribution in [2.24, 2.45) is 0 Å². The Balaban J connectivity index is 1.95. The lowest BCUT2D eigenvalue weighted by molar-refractivity contribution is -0.385. The van der Waals surface area contributed by atoms with Crippen LogP contribution in [0.25, 0.3) is 0 Å². The first-order valence-electron chi connectivity index (χ1n) is 7.44. The number of hydrogen-bond donors (Lipinski definition) is 0. The first-order chi connectivity index (χ1) is 9.77. The summed E-state index contributed by atoms with van der Waals surface area (Å²) in [6.45, 7) is 10.5. The zero-order valence-corrected chi connectivity index (χ0v) is 13.3. The highest BCUT2D eigenvalue weighted by atomic mass is 16.6. The van der Waals surface area contributed by atoms with Gasteiger partial charge in [0.15, 0.2) is 0 Å². The highest BCUT2D eigenvalue weighted by Gasteiger charge is 2.27. The fourth-order valence-corrected chi connectivity index (χ4v) is 2.74. The van der Waals surface area contributed by atoms with Crippen molar-refractivity contribution in [1.82, 2.24) is 4.90 Å². The van der Waals surface area contributed by atoms with E-state index in [1.54, 1.807) is 19.1 Å². The molecule has 0 radical (unpaired) electrons. The third-order valence-electron chi connectivity index (χ3n) is 4.06. The maximum Gasteiger partial charge on any atom is 0.272 e. The van der Waals surface area contributed by atoms with E-state index >= 15 is 0 Å². The second-order valence-electron chi connectivity index (χ2n) is 6.68. The number of nitro groups is 1. The topological polar surface area (TPSA) is 55.6 Å². The van der Waals surface area contributed by atoms with Crippen molar-refractivity contribution >= 4 is 5.69 Å². The number of rotatable bonds is 3. The fraction of sp³-hybridized carbons (Fsp3) is 0.625. The number of nitro benzene ring substituents is 1. The number of aryl methyl sites for hydroxylation is 1. The van der Waals surface area contributed by atoms with Crippen molar-refractivity contribution in [2.75, 3.05) is 13.1 Å². The van der Waals surface area contributed by atoms with Crippen molar-refractivity contribution in [2.45, 2.75) is 52.2 Å². The molecular formula is C16H24N2O3. The molecule has 5 nitrogen and oxygen atoms in total. The van der Waals surface area contributed by atoms with Gasteiger partial charge in [0.2, 0.25) is 0 Å². The van der Waals surface area contributed by atoms with Gasteiger partial charge in [0, 0.05) is 30.3 Å². The van der Waals surface area contributed by atoms with Crippen LogP contribution in [0.5, 0.6) is 5.75 Å². The number of hydrogen-bond acceptors (Lipinski definition) is 4. The van der Waals surface area contributed by atoms with Gasteiger partial charge in [0.05, 0.1) is 4.92 Å². The van der Waals surface area contributed by atoms with Crippen molar-refractivity contribution < 1.29 is 9.66 Å². The molecule has 0 amide bonds. The molecule has 1 heterocycles. The number of nitrogens with zero attached hydrogens (tertiary/aromatic N) is 2. The summed E-state index contributed by atoms with van der Waals surface area (Å²) in [5.41, 5.74) is 0.990. The molecule has 0 aromatic heterocycles. The lowest BCUT2D eigenvalue weighted by Gasteiger charge is -2.40. The minimum absolute atomic E-state index is 0.143. The maximum atomic E-state index is 10.8. The number of likely N-dealkylation sites (tertiary alicyclic amines) is 1. The van der Waals surface area contributed by atoms with Crippen LogP contribution in [0, 0.1) is 17.0 Å². The van der Waals surface area contributed by atoms with E-state index in [1.165, 1.54) is 6.07 Å². The molecule has 1 fully saturated rings. The molecular weight excluding hydrogens is 268 g/mol. The summed E-state index contributed by atoms with van der Waals surface area (Å²) < 4.78 is 5.98. The van der Waals surface area contributed by atoms with E-state index in [4.69, 9.17) is 4.74 Å². The van der Waals surface area contributed by atoms with E-state index in [0.717, 1.165) is 31.7 Å². The summed E-state index contributed by atoms with van der Waals surface area (Å²) in [5, 5.41) is 10.8. The summed E-state index contributed by atoms with van der Waals surface area (Å²) in [4.78, 5) is 12.9. The smallest absolute Gasteiger partial charge is 0.272 e. The minimum atomic E-state index is -0.360. The van der Waals surface area contributed by atoms with E-state index in [2.05, 4.69) is 25.7 Å². The molecule has 0 atom stereocenters. The molecule has 1 aliphatic rings. The normalized spacial score (nSPS) is 17.7. The van der Waals surface area contributed by atoms with Crippen molar-refractivity contribution in [1.29, 1.82) is 0 Å². The van der Waals surface area contributed by atoms with Crippen LogP contribution in [-0.4, -0.2) is 34.6 Å². The van der Waals surface area contributed by atoms with Gasteiger partial charge >= 0.3 is 0 Å². The van der Waals surface area contributed by atoms with Crippen molar-refractivity contribution in [3.63, 3.8) is 0 Å². The number of piperidine rings is 1. The van der Waals surface area contributed by atoms with Crippen molar-refractivity contribution in [3.05, 3.63) is 33.9 Å². The Kier molecular flexibility index (Phi) is 4.52. The largest absolute Gasteiger partial charge is 0.490 e. The highest BCUT2D eigenvalue weighted by Crippen LogP contribution is 2.27. The lowest BCUT2D eigenvalue weighted by Crippen LogP contribution is -2.48. The molecule has 0 bridgehead atoms. The highest BCUT2D eigenvalue weighted by molar-refractivity contribution is 5.44. The molecule has 1 aromatic carbocycles. The van der Waals surface area contributed by atoms with Gasteiger partial charge in [-0.2, -0.15) is 0 Å². The Bertz CT molecular complexity index is 515. The first kappa shape index (κ1) is 15.8. The van der Waals surface area contributed by atoms with Gasteiger partial charge in [0.1, 0.15) is 11.9 Å². The van der Waals surface area contributed by atoms with E-state index in [9.17, 15) is 10.1 Å². The molecule has 0 N–H and O–H groups in total.